The van der Waals surface area contributed by atoms with Gasteiger partial charge < -0.3 is 17.7 Å². The molecule has 0 bridgehead atoms. The van der Waals surface area contributed by atoms with Gasteiger partial charge in [-0.15, -0.1) is 0 Å². The first-order valence-electron chi connectivity index (χ1n) is 5.92. The van der Waals surface area contributed by atoms with Crippen LogP contribution >= 0.6 is 0 Å². The standard InChI is InChI=1S/C12H15BF3O2.K/c14-13(15,16)9-5-2-6-10-18-12(17)11-7-3-1-4-8-11;/h1,3-4,7-8H,2,5-6,9-10H2;/q-1;+1. The number of ether oxygens (including phenoxy) is 1. The average molecular weight is 298 g/mol. The minimum absolute atomic E-state index is 0. The SMILES string of the molecule is O=C(OCCCCC[B-](F)(F)F)c1ccccc1.[K+]. The molecular weight excluding hydrogens is 283 g/mol. The monoisotopic (exact) mass is 298 g/mol. The van der Waals surface area contributed by atoms with Crippen LogP contribution in [0.4, 0.5) is 12.9 Å². The summed E-state index contributed by atoms with van der Waals surface area (Å²) in [4.78, 5) is 11.4. The van der Waals surface area contributed by atoms with E-state index in [0.29, 0.717) is 18.4 Å². The number of carbonyl (C=O) groups excluding carboxylic acids is 1. The van der Waals surface area contributed by atoms with Gasteiger partial charge in [-0.1, -0.05) is 37.4 Å². The second-order valence-corrected chi connectivity index (χ2v) is 4.06. The van der Waals surface area contributed by atoms with Crippen molar-refractivity contribution in [3.8, 4) is 0 Å². The van der Waals surface area contributed by atoms with Crippen molar-refractivity contribution >= 4 is 12.9 Å². The number of carbonyl (C=O) groups is 1. The normalized spacial score (nSPS) is 10.7. The molecule has 7 heteroatoms. The summed E-state index contributed by atoms with van der Waals surface area (Å²) >= 11 is 0. The summed E-state index contributed by atoms with van der Waals surface area (Å²) in [6.45, 7) is -4.52. The van der Waals surface area contributed by atoms with E-state index in [1.165, 1.54) is 0 Å². The van der Waals surface area contributed by atoms with E-state index in [4.69, 9.17) is 4.74 Å². The molecule has 0 spiro atoms. The summed E-state index contributed by atoms with van der Waals surface area (Å²) in [6.07, 6.45) is 0.271. The van der Waals surface area contributed by atoms with Gasteiger partial charge in [-0.25, -0.2) is 4.79 Å². The molecule has 100 valence electrons. The third kappa shape index (κ3) is 9.68. The molecule has 1 aromatic carbocycles. The average Bonchev–Trinajstić information content (AvgIpc) is 2.33. The van der Waals surface area contributed by atoms with Crippen molar-refractivity contribution in [1.82, 2.24) is 0 Å². The predicted octanol–water partition coefficient (Wildman–Crippen LogP) is 0.865. The molecule has 0 aliphatic rings. The number of rotatable bonds is 7. The molecule has 0 radical (unpaired) electrons. The van der Waals surface area contributed by atoms with Gasteiger partial charge in [0.1, 0.15) is 0 Å². The van der Waals surface area contributed by atoms with E-state index in [9.17, 15) is 17.7 Å². The molecule has 0 fully saturated rings. The molecule has 0 aromatic heterocycles. The van der Waals surface area contributed by atoms with Crippen molar-refractivity contribution in [1.29, 1.82) is 0 Å². The van der Waals surface area contributed by atoms with Gasteiger partial charge in [-0.05, 0) is 18.6 Å². The van der Waals surface area contributed by atoms with Crippen molar-refractivity contribution in [3.63, 3.8) is 0 Å². The fourth-order valence-electron chi connectivity index (χ4n) is 1.48. The third-order valence-electron chi connectivity index (χ3n) is 2.42. The van der Waals surface area contributed by atoms with Crippen LogP contribution < -0.4 is 51.4 Å². The molecule has 0 aliphatic carbocycles. The van der Waals surface area contributed by atoms with Gasteiger partial charge in [0, 0.05) is 0 Å². The van der Waals surface area contributed by atoms with E-state index in [0.717, 1.165) is 0 Å². The summed E-state index contributed by atoms with van der Waals surface area (Å²) in [7, 11) is 0. The third-order valence-corrected chi connectivity index (χ3v) is 2.42. The number of halogens is 3. The van der Waals surface area contributed by atoms with E-state index in [-0.39, 0.29) is 64.4 Å². The van der Waals surface area contributed by atoms with Gasteiger partial charge in [0.25, 0.3) is 0 Å². The maximum Gasteiger partial charge on any atom is 1.00 e. The van der Waals surface area contributed by atoms with Crippen LogP contribution in [0.1, 0.15) is 29.6 Å². The largest absolute Gasteiger partial charge is 1.00 e. The first kappa shape index (κ1) is 19.2. The summed E-state index contributed by atoms with van der Waals surface area (Å²) in [5.74, 6) is -0.435. The molecule has 0 saturated heterocycles. The molecule has 0 heterocycles. The molecule has 0 N–H and O–H groups in total. The number of benzene rings is 1. The topological polar surface area (TPSA) is 26.3 Å². The van der Waals surface area contributed by atoms with E-state index in [2.05, 4.69) is 0 Å². The molecule has 0 amide bonds. The van der Waals surface area contributed by atoms with Crippen LogP contribution in [0.3, 0.4) is 0 Å². The fraction of sp³-hybridized carbons (Fsp3) is 0.417. The zero-order valence-electron chi connectivity index (χ0n) is 11.0. The summed E-state index contributed by atoms with van der Waals surface area (Å²) in [6, 6.07) is 8.50. The van der Waals surface area contributed by atoms with Gasteiger partial charge in [-0.3, -0.25) is 0 Å². The fourth-order valence-corrected chi connectivity index (χ4v) is 1.48. The van der Waals surface area contributed by atoms with Crippen molar-refractivity contribution in [2.24, 2.45) is 0 Å². The van der Waals surface area contributed by atoms with Crippen molar-refractivity contribution in [3.05, 3.63) is 35.9 Å². The number of hydrogen-bond donors (Lipinski definition) is 0. The second kappa shape index (κ2) is 9.99. The van der Waals surface area contributed by atoms with Crippen molar-refractivity contribution < 1.29 is 73.9 Å². The first-order valence-corrected chi connectivity index (χ1v) is 5.92. The Balaban J connectivity index is 0.00000324. The number of hydrogen-bond acceptors (Lipinski definition) is 2. The minimum atomic E-state index is -4.68. The van der Waals surface area contributed by atoms with Crippen LogP contribution in [0.2, 0.25) is 6.32 Å². The van der Waals surface area contributed by atoms with Crippen LogP contribution in [-0.4, -0.2) is 19.6 Å². The molecule has 0 saturated carbocycles. The molecule has 0 unspecified atom stereocenters. The van der Waals surface area contributed by atoms with Gasteiger partial charge in [-0.2, -0.15) is 0 Å². The molecule has 0 aliphatic heterocycles. The molecule has 0 atom stereocenters. The van der Waals surface area contributed by atoms with Crippen LogP contribution in [0.15, 0.2) is 30.3 Å². The maximum atomic E-state index is 11.9. The predicted molar refractivity (Wildman–Crippen MR) is 64.5 cm³/mol. The Morgan fingerprint density at radius 3 is 2.26 bits per heavy atom. The molecule has 19 heavy (non-hydrogen) atoms. The van der Waals surface area contributed by atoms with Gasteiger partial charge in [0.2, 0.25) is 0 Å². The van der Waals surface area contributed by atoms with E-state index in [1.807, 2.05) is 0 Å². The maximum absolute atomic E-state index is 11.9. The Bertz CT molecular complexity index is 371. The molecule has 1 rings (SSSR count). The quantitative estimate of drug-likeness (QED) is 0.424. The second-order valence-electron chi connectivity index (χ2n) is 4.06. The summed E-state index contributed by atoms with van der Waals surface area (Å²) in [5.41, 5.74) is 0.455. The first-order chi connectivity index (χ1) is 8.49. The van der Waals surface area contributed by atoms with Crippen molar-refractivity contribution in [2.45, 2.75) is 25.6 Å². The Morgan fingerprint density at radius 1 is 1.05 bits per heavy atom. The Kier molecular flexibility index (Phi) is 10.1. The minimum Gasteiger partial charge on any atom is -0.462 e. The van der Waals surface area contributed by atoms with E-state index < -0.39 is 19.3 Å². The summed E-state index contributed by atoms with van der Waals surface area (Å²) < 4.78 is 40.6. The Labute approximate surface area is 153 Å². The number of unbranched alkanes of at least 4 members (excludes halogenated alkanes) is 2. The molecule has 1 aromatic rings. The van der Waals surface area contributed by atoms with E-state index >= 15 is 0 Å². The Hall–Kier alpha value is 0.181. The Morgan fingerprint density at radius 2 is 1.68 bits per heavy atom. The van der Waals surface area contributed by atoms with Crippen molar-refractivity contribution in [2.75, 3.05) is 6.61 Å². The molecule has 2 nitrogen and oxygen atoms in total. The zero-order valence-corrected chi connectivity index (χ0v) is 14.1. The van der Waals surface area contributed by atoms with Crippen LogP contribution in [0, 0.1) is 0 Å². The van der Waals surface area contributed by atoms with Crippen LogP contribution in [-0.2, 0) is 4.74 Å². The van der Waals surface area contributed by atoms with E-state index in [1.54, 1.807) is 30.3 Å². The molecular formula is C12H15BF3KO2. The number of esters is 1. The van der Waals surface area contributed by atoms with Gasteiger partial charge >= 0.3 is 64.3 Å². The van der Waals surface area contributed by atoms with Crippen LogP contribution in [0.25, 0.3) is 0 Å². The summed E-state index contributed by atoms with van der Waals surface area (Å²) in [5, 5.41) is 0. The van der Waals surface area contributed by atoms with Gasteiger partial charge in [0.05, 0.1) is 12.2 Å². The smallest absolute Gasteiger partial charge is 0.462 e. The van der Waals surface area contributed by atoms with Gasteiger partial charge in [0.15, 0.2) is 0 Å². The zero-order chi connectivity index (χ0) is 13.4. The van der Waals surface area contributed by atoms with Crippen LogP contribution in [0.5, 0.6) is 0 Å².